The predicted octanol–water partition coefficient (Wildman–Crippen LogP) is 2.43. The maximum absolute atomic E-state index is 11.1. The second-order valence-corrected chi connectivity index (χ2v) is 3.11. The summed E-state index contributed by atoms with van der Waals surface area (Å²) in [6.07, 6.45) is 0. The molecule has 2 aromatic rings. The molecule has 0 spiro atoms. The van der Waals surface area contributed by atoms with Gasteiger partial charge in [0.15, 0.2) is 11.1 Å². The number of nitrogens with zero attached hydrogens (tertiary/aromatic N) is 1. The van der Waals surface area contributed by atoms with Gasteiger partial charge in [-0.2, -0.15) is 0 Å². The van der Waals surface area contributed by atoms with Crippen molar-refractivity contribution >= 4 is 16.9 Å². The van der Waals surface area contributed by atoms with Crippen LogP contribution in [0.5, 0.6) is 5.75 Å². The molecule has 2 rings (SSSR count). The summed E-state index contributed by atoms with van der Waals surface area (Å²) < 4.78 is 10.7. The van der Waals surface area contributed by atoms with E-state index in [0.717, 1.165) is 0 Å². The fraction of sp³-hybridized carbons (Fsp3) is 0.273. The summed E-state index contributed by atoms with van der Waals surface area (Å²) in [6, 6.07) is 5.37. The van der Waals surface area contributed by atoms with Crippen LogP contribution in [0.1, 0.15) is 24.5 Å². The summed E-state index contributed by atoms with van der Waals surface area (Å²) in [6.45, 7) is 3.87. The molecule has 0 fully saturated rings. The van der Waals surface area contributed by atoms with Crippen molar-refractivity contribution in [3.8, 4) is 5.75 Å². The molecule has 1 aromatic carbocycles. The summed E-state index contributed by atoms with van der Waals surface area (Å²) in [5, 5.41) is 0. The molecule has 0 unspecified atom stereocenters. The summed E-state index contributed by atoms with van der Waals surface area (Å²) >= 11 is 0. The molecule has 0 radical (unpaired) electrons. The van der Waals surface area contributed by atoms with Gasteiger partial charge in [0, 0.05) is 6.92 Å². The Bertz CT molecular complexity index is 502. The molecule has 0 amide bonds. The first kappa shape index (κ1) is 9.71. The summed E-state index contributed by atoms with van der Waals surface area (Å²) in [5.74, 6) is 0.581. The minimum absolute atomic E-state index is 0.122. The van der Waals surface area contributed by atoms with E-state index in [1.54, 1.807) is 12.1 Å². The number of oxazole rings is 1. The first-order valence-corrected chi connectivity index (χ1v) is 4.75. The van der Waals surface area contributed by atoms with Crippen molar-refractivity contribution in [2.75, 3.05) is 6.61 Å². The normalized spacial score (nSPS) is 10.5. The minimum atomic E-state index is -0.186. The Labute approximate surface area is 86.9 Å². The molecule has 78 valence electrons. The van der Waals surface area contributed by atoms with Crippen molar-refractivity contribution in [1.82, 2.24) is 4.98 Å². The Balaban J connectivity index is 2.59. The first-order chi connectivity index (χ1) is 7.22. The highest BCUT2D eigenvalue weighted by Crippen LogP contribution is 2.25. The van der Waals surface area contributed by atoms with Gasteiger partial charge in [0.25, 0.3) is 5.89 Å². The Morgan fingerprint density at radius 1 is 1.53 bits per heavy atom. The van der Waals surface area contributed by atoms with Gasteiger partial charge in [-0.15, -0.1) is 0 Å². The van der Waals surface area contributed by atoms with Gasteiger partial charge in [0.05, 0.1) is 6.61 Å². The molecule has 4 nitrogen and oxygen atoms in total. The molecule has 0 saturated heterocycles. The topological polar surface area (TPSA) is 52.3 Å². The number of hydrogen-bond acceptors (Lipinski definition) is 4. The number of benzene rings is 1. The highest BCUT2D eigenvalue weighted by Gasteiger charge is 2.12. The lowest BCUT2D eigenvalue weighted by atomic mass is 10.3. The van der Waals surface area contributed by atoms with Crippen molar-refractivity contribution in [3.05, 3.63) is 24.1 Å². The van der Waals surface area contributed by atoms with Crippen molar-refractivity contribution in [3.63, 3.8) is 0 Å². The molecule has 0 aliphatic heterocycles. The molecule has 0 atom stereocenters. The average Bonchev–Trinajstić information content (AvgIpc) is 2.63. The number of hydrogen-bond donors (Lipinski definition) is 0. The molecule has 0 bridgehead atoms. The lowest BCUT2D eigenvalue weighted by Crippen LogP contribution is -1.93. The van der Waals surface area contributed by atoms with Crippen LogP contribution in [-0.4, -0.2) is 17.4 Å². The van der Waals surface area contributed by atoms with Crippen LogP contribution in [-0.2, 0) is 0 Å². The number of aromatic nitrogens is 1. The quantitative estimate of drug-likeness (QED) is 0.722. The summed E-state index contributed by atoms with van der Waals surface area (Å²) in [7, 11) is 0. The van der Waals surface area contributed by atoms with E-state index in [1.807, 2.05) is 13.0 Å². The molecule has 1 heterocycles. The van der Waals surface area contributed by atoms with Crippen molar-refractivity contribution in [1.29, 1.82) is 0 Å². The van der Waals surface area contributed by atoms with E-state index in [-0.39, 0.29) is 11.7 Å². The third-order valence-corrected chi connectivity index (χ3v) is 1.98. The van der Waals surface area contributed by atoms with Crippen molar-refractivity contribution < 1.29 is 13.9 Å². The van der Waals surface area contributed by atoms with E-state index >= 15 is 0 Å². The van der Waals surface area contributed by atoms with E-state index in [2.05, 4.69) is 4.98 Å². The summed E-state index contributed by atoms with van der Waals surface area (Å²) in [4.78, 5) is 15.2. The van der Waals surface area contributed by atoms with Crippen LogP contribution in [0.4, 0.5) is 0 Å². The zero-order valence-corrected chi connectivity index (χ0v) is 8.61. The maximum atomic E-state index is 11.1. The lowest BCUT2D eigenvalue weighted by Gasteiger charge is -2.00. The first-order valence-electron chi connectivity index (χ1n) is 4.75. The van der Waals surface area contributed by atoms with E-state index in [1.165, 1.54) is 6.92 Å². The number of carbonyl (C=O) groups excluding carboxylic acids is 1. The van der Waals surface area contributed by atoms with Crippen LogP contribution in [0, 0.1) is 0 Å². The SMILES string of the molecule is CCOc1cccc2oc(C(C)=O)nc12. The molecular weight excluding hydrogens is 194 g/mol. The van der Waals surface area contributed by atoms with Crippen molar-refractivity contribution in [2.24, 2.45) is 0 Å². The number of carbonyl (C=O) groups is 1. The smallest absolute Gasteiger partial charge is 0.264 e. The average molecular weight is 205 g/mol. The zero-order chi connectivity index (χ0) is 10.8. The van der Waals surface area contributed by atoms with Crippen LogP contribution in [0.3, 0.4) is 0 Å². The Kier molecular flexibility index (Phi) is 2.41. The largest absolute Gasteiger partial charge is 0.491 e. The van der Waals surface area contributed by atoms with Crippen LogP contribution in [0.2, 0.25) is 0 Å². The molecule has 0 N–H and O–H groups in total. The van der Waals surface area contributed by atoms with Crippen LogP contribution >= 0.6 is 0 Å². The lowest BCUT2D eigenvalue weighted by molar-refractivity contribution is 0.0983. The third-order valence-electron chi connectivity index (χ3n) is 1.98. The fourth-order valence-corrected chi connectivity index (χ4v) is 1.35. The second-order valence-electron chi connectivity index (χ2n) is 3.11. The van der Waals surface area contributed by atoms with Gasteiger partial charge in [-0.3, -0.25) is 4.79 Å². The highest BCUT2D eigenvalue weighted by atomic mass is 16.5. The molecule has 4 heteroatoms. The third kappa shape index (κ3) is 1.70. The van der Waals surface area contributed by atoms with Crippen molar-refractivity contribution in [2.45, 2.75) is 13.8 Å². The molecule has 0 aliphatic rings. The Hall–Kier alpha value is -1.84. The molecule has 0 aliphatic carbocycles. The minimum Gasteiger partial charge on any atom is -0.491 e. The number of ether oxygens (including phenoxy) is 1. The van der Waals surface area contributed by atoms with Gasteiger partial charge in [-0.05, 0) is 19.1 Å². The zero-order valence-electron chi connectivity index (χ0n) is 8.61. The highest BCUT2D eigenvalue weighted by molar-refractivity contribution is 5.93. The molecule has 15 heavy (non-hydrogen) atoms. The molecular formula is C11H11NO3. The van der Waals surface area contributed by atoms with Gasteiger partial charge in [-0.1, -0.05) is 6.07 Å². The summed E-state index contributed by atoms with van der Waals surface area (Å²) in [5.41, 5.74) is 1.18. The van der Waals surface area contributed by atoms with Crippen LogP contribution in [0.15, 0.2) is 22.6 Å². The van der Waals surface area contributed by atoms with E-state index in [4.69, 9.17) is 9.15 Å². The standard InChI is InChI=1S/C11H11NO3/c1-3-14-8-5-4-6-9-10(8)12-11(15-9)7(2)13/h4-6H,3H2,1-2H3. The number of rotatable bonds is 3. The second kappa shape index (κ2) is 3.73. The van der Waals surface area contributed by atoms with E-state index < -0.39 is 0 Å². The monoisotopic (exact) mass is 205 g/mol. The number of fused-ring (bicyclic) bond motifs is 1. The number of ketones is 1. The maximum Gasteiger partial charge on any atom is 0.264 e. The van der Waals surface area contributed by atoms with Gasteiger partial charge in [0.2, 0.25) is 5.78 Å². The van der Waals surface area contributed by atoms with Crippen LogP contribution < -0.4 is 4.74 Å². The predicted molar refractivity (Wildman–Crippen MR) is 55.2 cm³/mol. The van der Waals surface area contributed by atoms with Crippen LogP contribution in [0.25, 0.3) is 11.1 Å². The number of para-hydroxylation sites is 1. The van der Waals surface area contributed by atoms with E-state index in [0.29, 0.717) is 23.5 Å². The Morgan fingerprint density at radius 3 is 3.00 bits per heavy atom. The van der Waals surface area contributed by atoms with Gasteiger partial charge >= 0.3 is 0 Å². The number of Topliss-reactive ketones (excluding diaryl/α,β-unsaturated/α-hetero) is 1. The van der Waals surface area contributed by atoms with Gasteiger partial charge in [0.1, 0.15) is 5.75 Å². The van der Waals surface area contributed by atoms with Gasteiger partial charge < -0.3 is 9.15 Å². The fourth-order valence-electron chi connectivity index (χ4n) is 1.35. The molecule has 0 saturated carbocycles. The molecule has 1 aromatic heterocycles. The van der Waals surface area contributed by atoms with Gasteiger partial charge in [-0.25, -0.2) is 4.98 Å². The Morgan fingerprint density at radius 2 is 2.33 bits per heavy atom. The van der Waals surface area contributed by atoms with E-state index in [9.17, 15) is 4.79 Å².